The van der Waals surface area contributed by atoms with Crippen LogP contribution in [0.5, 0.6) is 0 Å². The van der Waals surface area contributed by atoms with Gasteiger partial charge in [0.2, 0.25) is 0 Å². The first kappa shape index (κ1) is 11.1. The van der Waals surface area contributed by atoms with Crippen LogP contribution in [-0.4, -0.2) is 16.5 Å². The summed E-state index contributed by atoms with van der Waals surface area (Å²) < 4.78 is 6.24. The number of nitrogens with zero attached hydrogens (tertiary/aromatic N) is 2. The predicted molar refractivity (Wildman–Crippen MR) is 66.2 cm³/mol. The number of aromatic nitrogens is 2. The first-order chi connectivity index (χ1) is 7.81. The first-order valence-electron chi connectivity index (χ1n) is 5.10. The summed E-state index contributed by atoms with van der Waals surface area (Å²) in [5, 5.41) is 3.21. The Morgan fingerprint density at radius 3 is 3.00 bits per heavy atom. The normalized spacial score (nSPS) is 10.4. The molecule has 16 heavy (non-hydrogen) atoms. The fourth-order valence-electron chi connectivity index (χ4n) is 1.31. The van der Waals surface area contributed by atoms with Crippen LogP contribution in [0.2, 0.25) is 0 Å². The van der Waals surface area contributed by atoms with E-state index >= 15 is 0 Å². The van der Waals surface area contributed by atoms with Crippen LogP contribution in [0.4, 0.5) is 5.82 Å². The molecule has 84 valence electrons. The molecule has 0 amide bonds. The molecule has 0 radical (unpaired) electrons. The number of furan rings is 1. The van der Waals surface area contributed by atoms with Crippen LogP contribution in [0.3, 0.4) is 0 Å². The van der Waals surface area contributed by atoms with Crippen molar-refractivity contribution in [2.75, 3.05) is 11.9 Å². The fraction of sp³-hybridized carbons (Fsp3) is 0.273. The van der Waals surface area contributed by atoms with E-state index in [1.807, 2.05) is 12.1 Å². The summed E-state index contributed by atoms with van der Waals surface area (Å²) in [6, 6.07) is 3.72. The van der Waals surface area contributed by atoms with Crippen LogP contribution in [0.1, 0.15) is 13.3 Å². The average Bonchev–Trinajstić information content (AvgIpc) is 2.73. The molecule has 0 aliphatic heterocycles. The van der Waals surface area contributed by atoms with Crippen molar-refractivity contribution in [3.8, 4) is 11.5 Å². The van der Waals surface area contributed by atoms with Crippen molar-refractivity contribution in [1.82, 2.24) is 9.97 Å². The van der Waals surface area contributed by atoms with Gasteiger partial charge in [-0.3, -0.25) is 0 Å². The fourth-order valence-corrected chi connectivity index (χ4v) is 1.71. The van der Waals surface area contributed by atoms with Gasteiger partial charge in [0.15, 0.2) is 5.76 Å². The minimum absolute atomic E-state index is 0.724. The summed E-state index contributed by atoms with van der Waals surface area (Å²) in [4.78, 5) is 8.31. The largest absolute Gasteiger partial charge is 0.461 e. The van der Waals surface area contributed by atoms with Crippen molar-refractivity contribution < 1.29 is 4.42 Å². The molecular formula is C11H12BrN3O. The predicted octanol–water partition coefficient (Wildman–Crippen LogP) is 3.32. The standard InChI is InChI=1S/C11H12BrN3O/c1-2-4-13-10-6-9(14-7-15-10)11-8(12)3-5-16-11/h3,5-7H,2,4H2,1H3,(H,13,14,15). The van der Waals surface area contributed by atoms with Crippen molar-refractivity contribution in [2.45, 2.75) is 13.3 Å². The number of anilines is 1. The molecule has 0 aromatic carbocycles. The Kier molecular flexibility index (Phi) is 3.56. The van der Waals surface area contributed by atoms with Crippen LogP contribution >= 0.6 is 15.9 Å². The zero-order valence-electron chi connectivity index (χ0n) is 8.90. The minimum Gasteiger partial charge on any atom is -0.461 e. The van der Waals surface area contributed by atoms with Crippen LogP contribution < -0.4 is 5.32 Å². The van der Waals surface area contributed by atoms with E-state index in [-0.39, 0.29) is 0 Å². The maximum atomic E-state index is 5.34. The first-order valence-corrected chi connectivity index (χ1v) is 5.90. The van der Waals surface area contributed by atoms with E-state index in [9.17, 15) is 0 Å². The molecule has 0 aliphatic carbocycles. The quantitative estimate of drug-likeness (QED) is 0.934. The molecule has 0 saturated carbocycles. The van der Waals surface area contributed by atoms with E-state index < -0.39 is 0 Å². The highest BCUT2D eigenvalue weighted by atomic mass is 79.9. The highest BCUT2D eigenvalue weighted by molar-refractivity contribution is 9.10. The highest BCUT2D eigenvalue weighted by Crippen LogP contribution is 2.28. The zero-order valence-corrected chi connectivity index (χ0v) is 10.5. The molecule has 2 aromatic rings. The summed E-state index contributed by atoms with van der Waals surface area (Å²) in [5.74, 6) is 1.54. The third-order valence-electron chi connectivity index (χ3n) is 2.07. The lowest BCUT2D eigenvalue weighted by Gasteiger charge is -2.04. The number of hydrogen-bond donors (Lipinski definition) is 1. The Labute approximate surface area is 102 Å². The minimum atomic E-state index is 0.724. The van der Waals surface area contributed by atoms with E-state index in [1.54, 1.807) is 6.26 Å². The van der Waals surface area contributed by atoms with Crippen LogP contribution in [0, 0.1) is 0 Å². The van der Waals surface area contributed by atoms with Gasteiger partial charge in [-0.15, -0.1) is 0 Å². The molecule has 0 saturated heterocycles. The molecule has 0 atom stereocenters. The number of nitrogens with one attached hydrogen (secondary N) is 1. The smallest absolute Gasteiger partial charge is 0.166 e. The molecule has 0 aliphatic rings. The van der Waals surface area contributed by atoms with E-state index in [0.29, 0.717) is 0 Å². The molecule has 2 rings (SSSR count). The number of halogens is 1. The summed E-state index contributed by atoms with van der Waals surface area (Å²) in [7, 11) is 0. The second-order valence-corrected chi connectivity index (χ2v) is 4.17. The number of rotatable bonds is 4. The van der Waals surface area contributed by atoms with E-state index in [4.69, 9.17) is 4.42 Å². The maximum Gasteiger partial charge on any atom is 0.166 e. The van der Waals surface area contributed by atoms with Gasteiger partial charge in [0, 0.05) is 12.6 Å². The average molecular weight is 282 g/mol. The van der Waals surface area contributed by atoms with Crippen LogP contribution in [0.25, 0.3) is 11.5 Å². The van der Waals surface area contributed by atoms with Gasteiger partial charge in [-0.2, -0.15) is 0 Å². The Hall–Kier alpha value is -1.36. The van der Waals surface area contributed by atoms with Gasteiger partial charge in [-0.25, -0.2) is 9.97 Å². The molecule has 0 spiro atoms. The van der Waals surface area contributed by atoms with Gasteiger partial charge in [-0.05, 0) is 28.4 Å². The lowest BCUT2D eigenvalue weighted by Crippen LogP contribution is -2.02. The Bertz CT molecular complexity index is 470. The molecule has 1 N–H and O–H groups in total. The van der Waals surface area contributed by atoms with Gasteiger partial charge >= 0.3 is 0 Å². The van der Waals surface area contributed by atoms with Gasteiger partial charge in [0.1, 0.15) is 17.8 Å². The van der Waals surface area contributed by atoms with Gasteiger partial charge < -0.3 is 9.73 Å². The summed E-state index contributed by atoms with van der Waals surface area (Å²) in [6.07, 6.45) is 4.22. The summed E-state index contributed by atoms with van der Waals surface area (Å²) in [6.45, 7) is 3.01. The number of hydrogen-bond acceptors (Lipinski definition) is 4. The van der Waals surface area contributed by atoms with Crippen LogP contribution in [0.15, 0.2) is 33.6 Å². The maximum absolute atomic E-state index is 5.34. The van der Waals surface area contributed by atoms with Crippen molar-refractivity contribution >= 4 is 21.7 Å². The van der Waals surface area contributed by atoms with Gasteiger partial charge in [0.25, 0.3) is 0 Å². The van der Waals surface area contributed by atoms with Crippen molar-refractivity contribution in [2.24, 2.45) is 0 Å². The molecular weight excluding hydrogens is 270 g/mol. The van der Waals surface area contributed by atoms with Crippen molar-refractivity contribution in [3.05, 3.63) is 29.2 Å². The second kappa shape index (κ2) is 5.12. The lowest BCUT2D eigenvalue weighted by atomic mass is 10.3. The van der Waals surface area contributed by atoms with Gasteiger partial charge in [0.05, 0.1) is 10.7 Å². The lowest BCUT2D eigenvalue weighted by molar-refractivity contribution is 0.578. The van der Waals surface area contributed by atoms with Crippen LogP contribution in [-0.2, 0) is 0 Å². The Morgan fingerprint density at radius 1 is 1.44 bits per heavy atom. The third kappa shape index (κ3) is 2.41. The molecule has 0 fully saturated rings. The third-order valence-corrected chi connectivity index (χ3v) is 2.70. The zero-order chi connectivity index (χ0) is 11.4. The van der Waals surface area contributed by atoms with Crippen molar-refractivity contribution in [1.29, 1.82) is 0 Å². The van der Waals surface area contributed by atoms with Crippen molar-refractivity contribution in [3.63, 3.8) is 0 Å². The van der Waals surface area contributed by atoms with E-state index in [1.165, 1.54) is 6.33 Å². The van der Waals surface area contributed by atoms with E-state index in [2.05, 4.69) is 38.1 Å². The Balaban J connectivity index is 2.26. The van der Waals surface area contributed by atoms with E-state index in [0.717, 1.165) is 34.7 Å². The SMILES string of the molecule is CCCNc1cc(-c2occc2Br)ncn1. The second-order valence-electron chi connectivity index (χ2n) is 3.31. The van der Waals surface area contributed by atoms with Gasteiger partial charge in [-0.1, -0.05) is 6.92 Å². The summed E-state index contributed by atoms with van der Waals surface area (Å²) in [5.41, 5.74) is 0.769. The molecule has 0 unspecified atom stereocenters. The summed E-state index contributed by atoms with van der Waals surface area (Å²) >= 11 is 3.41. The molecule has 0 bridgehead atoms. The molecule has 5 heteroatoms. The molecule has 2 aromatic heterocycles. The Morgan fingerprint density at radius 2 is 2.31 bits per heavy atom. The molecule has 4 nitrogen and oxygen atoms in total. The topological polar surface area (TPSA) is 51.0 Å². The molecule has 2 heterocycles. The highest BCUT2D eigenvalue weighted by Gasteiger charge is 2.08. The monoisotopic (exact) mass is 281 g/mol.